The van der Waals surface area contributed by atoms with Gasteiger partial charge in [0.15, 0.2) is 5.65 Å². The lowest BCUT2D eigenvalue weighted by Gasteiger charge is -2.04. The fourth-order valence-corrected chi connectivity index (χ4v) is 2.21. The Bertz CT molecular complexity index is 526. The molecule has 1 N–H and O–H groups in total. The fraction of sp³-hybridized carbons (Fsp3) is 0.583. The van der Waals surface area contributed by atoms with E-state index in [4.69, 9.17) is 0 Å². The van der Waals surface area contributed by atoms with Gasteiger partial charge in [-0.15, -0.1) is 0 Å². The molecular formula is C12H17BrN4O. The Kier molecular flexibility index (Phi) is 4.52. The molecule has 0 radical (unpaired) electrons. The van der Waals surface area contributed by atoms with E-state index in [1.54, 1.807) is 10.8 Å². The number of aryl methyl sites for hydroxylation is 1. The van der Waals surface area contributed by atoms with Gasteiger partial charge in [0.25, 0.3) is 6.01 Å². The molecule has 0 unspecified atom stereocenters. The van der Waals surface area contributed by atoms with Crippen LogP contribution >= 0.6 is 15.9 Å². The molecule has 2 aromatic rings. The van der Waals surface area contributed by atoms with Crippen LogP contribution < -0.4 is 0 Å². The van der Waals surface area contributed by atoms with Gasteiger partial charge in [-0.2, -0.15) is 4.98 Å². The molecule has 6 heteroatoms. The first-order valence-corrected chi connectivity index (χ1v) is 7.09. The van der Waals surface area contributed by atoms with Crippen LogP contribution in [0.5, 0.6) is 6.01 Å². The summed E-state index contributed by atoms with van der Waals surface area (Å²) in [6.45, 7) is 2.93. The lowest BCUT2D eigenvalue weighted by molar-refractivity contribution is 0.395. The van der Waals surface area contributed by atoms with Crippen molar-refractivity contribution >= 4 is 27.2 Å². The van der Waals surface area contributed by atoms with Crippen molar-refractivity contribution in [2.75, 3.05) is 0 Å². The minimum Gasteiger partial charge on any atom is -0.480 e. The van der Waals surface area contributed by atoms with Gasteiger partial charge in [0, 0.05) is 6.54 Å². The second kappa shape index (κ2) is 6.13. The van der Waals surface area contributed by atoms with E-state index in [1.165, 1.54) is 19.3 Å². The van der Waals surface area contributed by atoms with Crippen LogP contribution in [0.1, 0.15) is 39.0 Å². The highest BCUT2D eigenvalue weighted by Crippen LogP contribution is 2.19. The van der Waals surface area contributed by atoms with Gasteiger partial charge in [-0.1, -0.05) is 32.6 Å². The van der Waals surface area contributed by atoms with Crippen molar-refractivity contribution < 1.29 is 5.11 Å². The number of aromatic nitrogens is 4. The average Bonchev–Trinajstić information content (AvgIpc) is 2.65. The molecule has 0 aliphatic heterocycles. The van der Waals surface area contributed by atoms with Crippen LogP contribution in [0.15, 0.2) is 10.8 Å². The minimum absolute atomic E-state index is 0.00130. The SMILES string of the molecule is CCCCCCCn1c(O)nc2ncc(Br)nc21. The van der Waals surface area contributed by atoms with Crippen LogP contribution in [0, 0.1) is 0 Å². The Balaban J connectivity index is 2.07. The van der Waals surface area contributed by atoms with Crippen molar-refractivity contribution in [3.8, 4) is 6.01 Å². The highest BCUT2D eigenvalue weighted by Gasteiger charge is 2.11. The summed E-state index contributed by atoms with van der Waals surface area (Å²) in [6.07, 6.45) is 7.50. The second-order valence-corrected chi connectivity index (χ2v) is 5.13. The summed E-state index contributed by atoms with van der Waals surface area (Å²) in [6, 6.07) is -0.00130. The summed E-state index contributed by atoms with van der Waals surface area (Å²) in [7, 11) is 0. The molecule has 0 aliphatic carbocycles. The number of nitrogens with zero attached hydrogens (tertiary/aromatic N) is 4. The summed E-state index contributed by atoms with van der Waals surface area (Å²) in [5, 5.41) is 9.78. The summed E-state index contributed by atoms with van der Waals surface area (Å²) < 4.78 is 2.38. The Hall–Kier alpha value is -1.17. The number of aromatic hydroxyl groups is 1. The predicted molar refractivity (Wildman–Crippen MR) is 73.4 cm³/mol. The van der Waals surface area contributed by atoms with Crippen molar-refractivity contribution in [2.45, 2.75) is 45.6 Å². The number of hydrogen-bond acceptors (Lipinski definition) is 4. The molecule has 2 heterocycles. The Labute approximate surface area is 114 Å². The summed E-state index contributed by atoms with van der Waals surface area (Å²) >= 11 is 3.28. The molecule has 98 valence electrons. The van der Waals surface area contributed by atoms with Gasteiger partial charge in [0.2, 0.25) is 5.65 Å². The molecule has 0 amide bonds. The van der Waals surface area contributed by atoms with E-state index in [2.05, 4.69) is 37.8 Å². The molecule has 0 fully saturated rings. The highest BCUT2D eigenvalue weighted by atomic mass is 79.9. The number of imidazole rings is 1. The first-order chi connectivity index (χ1) is 8.72. The van der Waals surface area contributed by atoms with E-state index in [1.807, 2.05) is 0 Å². The van der Waals surface area contributed by atoms with Crippen molar-refractivity contribution in [2.24, 2.45) is 0 Å². The van der Waals surface area contributed by atoms with Crippen LogP contribution in [0.25, 0.3) is 11.3 Å². The number of halogens is 1. The van der Waals surface area contributed by atoms with Gasteiger partial charge in [0.05, 0.1) is 6.20 Å². The summed E-state index contributed by atoms with van der Waals surface area (Å²) in [4.78, 5) is 12.4. The third-order valence-electron chi connectivity index (χ3n) is 2.89. The average molecular weight is 313 g/mol. The van der Waals surface area contributed by atoms with E-state index >= 15 is 0 Å². The molecule has 0 saturated heterocycles. The summed E-state index contributed by atoms with van der Waals surface area (Å²) in [5.74, 6) is 0. The molecular weight excluding hydrogens is 296 g/mol. The molecule has 18 heavy (non-hydrogen) atoms. The van der Waals surface area contributed by atoms with Crippen molar-refractivity contribution in [1.29, 1.82) is 0 Å². The molecule has 2 aromatic heterocycles. The van der Waals surface area contributed by atoms with Crippen molar-refractivity contribution in [1.82, 2.24) is 19.5 Å². The van der Waals surface area contributed by atoms with Crippen LogP contribution in [0.3, 0.4) is 0 Å². The second-order valence-electron chi connectivity index (χ2n) is 4.32. The fourth-order valence-electron chi connectivity index (χ4n) is 1.94. The van der Waals surface area contributed by atoms with E-state index in [0.717, 1.165) is 19.4 Å². The first-order valence-electron chi connectivity index (χ1n) is 6.30. The maximum absolute atomic E-state index is 9.78. The lowest BCUT2D eigenvalue weighted by Crippen LogP contribution is -1.99. The Morgan fingerprint density at radius 2 is 2.00 bits per heavy atom. The summed E-state index contributed by atoms with van der Waals surface area (Å²) in [5.41, 5.74) is 1.13. The topological polar surface area (TPSA) is 63.8 Å². The third-order valence-corrected chi connectivity index (χ3v) is 3.28. The Morgan fingerprint density at radius 3 is 2.78 bits per heavy atom. The standard InChI is InChI=1S/C12H17BrN4O/c1-2-3-4-5-6-7-17-11-10(16-12(17)18)14-8-9(13)15-11/h8H,2-7H2,1H3,(H,14,16,18). The number of fused-ring (bicyclic) bond motifs is 1. The van der Waals surface area contributed by atoms with E-state index in [-0.39, 0.29) is 6.01 Å². The van der Waals surface area contributed by atoms with Crippen LogP contribution in [0.2, 0.25) is 0 Å². The van der Waals surface area contributed by atoms with E-state index < -0.39 is 0 Å². The molecule has 0 atom stereocenters. The van der Waals surface area contributed by atoms with Crippen molar-refractivity contribution in [3.63, 3.8) is 0 Å². The molecule has 0 saturated carbocycles. The quantitative estimate of drug-likeness (QED) is 0.831. The molecule has 0 aromatic carbocycles. The zero-order valence-electron chi connectivity index (χ0n) is 10.4. The molecule has 5 nitrogen and oxygen atoms in total. The van der Waals surface area contributed by atoms with Gasteiger partial charge in [-0.05, 0) is 22.4 Å². The zero-order chi connectivity index (χ0) is 13.0. The van der Waals surface area contributed by atoms with Crippen LogP contribution in [-0.2, 0) is 6.54 Å². The number of hydrogen-bond donors (Lipinski definition) is 1. The van der Waals surface area contributed by atoms with Crippen LogP contribution in [0.4, 0.5) is 0 Å². The smallest absolute Gasteiger partial charge is 0.297 e. The molecule has 0 aliphatic rings. The minimum atomic E-state index is -0.00130. The first kappa shape index (κ1) is 13.3. The van der Waals surface area contributed by atoms with E-state index in [9.17, 15) is 5.11 Å². The molecule has 2 rings (SSSR count). The van der Waals surface area contributed by atoms with Gasteiger partial charge in [0.1, 0.15) is 4.60 Å². The van der Waals surface area contributed by atoms with Gasteiger partial charge >= 0.3 is 0 Å². The maximum atomic E-state index is 9.78. The lowest BCUT2D eigenvalue weighted by atomic mass is 10.1. The normalized spacial score (nSPS) is 11.2. The van der Waals surface area contributed by atoms with Crippen LogP contribution in [-0.4, -0.2) is 24.6 Å². The van der Waals surface area contributed by atoms with Gasteiger partial charge in [-0.25, -0.2) is 9.97 Å². The predicted octanol–water partition coefficient (Wildman–Crippen LogP) is 3.26. The zero-order valence-corrected chi connectivity index (χ0v) is 12.0. The molecule has 0 bridgehead atoms. The van der Waals surface area contributed by atoms with Gasteiger partial charge < -0.3 is 5.11 Å². The number of rotatable bonds is 6. The monoisotopic (exact) mass is 312 g/mol. The third kappa shape index (κ3) is 2.98. The van der Waals surface area contributed by atoms with E-state index in [0.29, 0.717) is 15.9 Å². The number of unbranched alkanes of at least 4 members (excludes halogenated alkanes) is 4. The maximum Gasteiger partial charge on any atom is 0.297 e. The highest BCUT2D eigenvalue weighted by molar-refractivity contribution is 9.10. The van der Waals surface area contributed by atoms with Gasteiger partial charge in [-0.3, -0.25) is 4.57 Å². The largest absolute Gasteiger partial charge is 0.480 e. The Morgan fingerprint density at radius 1 is 1.22 bits per heavy atom. The van der Waals surface area contributed by atoms with Crippen molar-refractivity contribution in [3.05, 3.63) is 10.8 Å². The molecule has 0 spiro atoms.